The number of nitrogens with zero attached hydrogens (tertiary/aromatic N) is 1. The first kappa shape index (κ1) is 14.9. The second-order valence-electron chi connectivity index (χ2n) is 2.80. The number of hydrogen-bond acceptors (Lipinski definition) is 2. The number of rotatable bonds is 3. The van der Waals surface area contributed by atoms with Crippen LogP contribution < -0.4 is 4.74 Å². The summed E-state index contributed by atoms with van der Waals surface area (Å²) in [6.07, 6.45) is -7.88. The van der Waals surface area contributed by atoms with E-state index in [4.69, 9.17) is 0 Å². The Morgan fingerprint density at radius 3 is 2.41 bits per heavy atom. The summed E-state index contributed by atoms with van der Waals surface area (Å²) in [6, 6.07) is 0.594. The van der Waals surface area contributed by atoms with Crippen molar-refractivity contribution in [2.24, 2.45) is 0 Å². The van der Waals surface area contributed by atoms with E-state index in [1.165, 1.54) is 0 Å². The van der Waals surface area contributed by atoms with Crippen molar-refractivity contribution in [1.29, 1.82) is 0 Å². The van der Waals surface area contributed by atoms with E-state index in [-0.39, 0.29) is 14.6 Å². The minimum absolute atomic E-state index is 0.0210. The highest BCUT2D eigenvalue weighted by molar-refractivity contribution is 14.1. The summed E-state index contributed by atoms with van der Waals surface area (Å²) in [7, 11) is 0. The van der Waals surface area contributed by atoms with Crippen LogP contribution in [0.3, 0.4) is 0 Å². The minimum atomic E-state index is -4.93. The normalized spacial score (nSPS) is 12.0. The first-order chi connectivity index (χ1) is 7.74. The third-order valence-electron chi connectivity index (χ3n) is 1.64. The monoisotopic (exact) mass is 431 g/mol. The van der Waals surface area contributed by atoms with Crippen molar-refractivity contribution in [3.63, 3.8) is 0 Å². The van der Waals surface area contributed by atoms with E-state index in [9.17, 15) is 22.0 Å². The molecule has 0 aromatic carbocycles. The molecule has 0 N–H and O–H groups in total. The van der Waals surface area contributed by atoms with E-state index in [0.717, 1.165) is 0 Å². The molecular weight excluding hydrogens is 428 g/mol. The van der Waals surface area contributed by atoms with E-state index in [1.807, 2.05) is 0 Å². The molecule has 0 aliphatic heterocycles. The van der Waals surface area contributed by atoms with Gasteiger partial charge >= 0.3 is 6.36 Å². The van der Waals surface area contributed by atoms with Crippen LogP contribution in [0.4, 0.5) is 22.0 Å². The first-order valence-electron chi connectivity index (χ1n) is 4.03. The van der Waals surface area contributed by atoms with E-state index in [0.29, 0.717) is 6.07 Å². The Labute approximate surface area is 115 Å². The number of alkyl halides is 6. The molecule has 1 rings (SSSR count). The van der Waals surface area contributed by atoms with Crippen LogP contribution in [-0.2, 0) is 5.33 Å². The van der Waals surface area contributed by atoms with Crippen LogP contribution in [0.1, 0.15) is 17.7 Å². The minimum Gasteiger partial charge on any atom is -0.405 e. The lowest BCUT2D eigenvalue weighted by molar-refractivity contribution is -0.274. The van der Waals surface area contributed by atoms with E-state index in [1.54, 1.807) is 22.6 Å². The first-order valence-corrected chi connectivity index (χ1v) is 6.23. The van der Waals surface area contributed by atoms with Gasteiger partial charge in [-0.25, -0.2) is 13.8 Å². The lowest BCUT2D eigenvalue weighted by Gasteiger charge is -2.14. The molecule has 0 spiro atoms. The van der Waals surface area contributed by atoms with Gasteiger partial charge in [0.15, 0.2) is 0 Å². The summed E-state index contributed by atoms with van der Waals surface area (Å²) in [5, 5.41) is 0.0210. The van der Waals surface area contributed by atoms with Crippen molar-refractivity contribution in [2.75, 3.05) is 0 Å². The Morgan fingerprint density at radius 1 is 1.41 bits per heavy atom. The van der Waals surface area contributed by atoms with Crippen molar-refractivity contribution in [3.8, 4) is 5.75 Å². The summed E-state index contributed by atoms with van der Waals surface area (Å²) in [5.41, 5.74) is -0.675. The Morgan fingerprint density at radius 2 is 2.00 bits per heavy atom. The quantitative estimate of drug-likeness (QED) is 0.306. The van der Waals surface area contributed by atoms with Gasteiger partial charge in [-0.2, -0.15) is 0 Å². The van der Waals surface area contributed by atoms with Gasteiger partial charge in [-0.3, -0.25) is 0 Å². The maximum absolute atomic E-state index is 12.4. The average Bonchev–Trinajstić information content (AvgIpc) is 2.14. The Bertz CT molecular complexity index is 412. The van der Waals surface area contributed by atoms with Crippen LogP contribution in [0.25, 0.3) is 0 Å². The fourth-order valence-corrected chi connectivity index (χ4v) is 2.79. The predicted octanol–water partition coefficient (Wildman–Crippen LogP) is 4.42. The van der Waals surface area contributed by atoms with Gasteiger partial charge < -0.3 is 4.74 Å². The molecule has 96 valence electrons. The molecule has 2 nitrogen and oxygen atoms in total. The Balaban J connectivity index is 3.24. The smallest absolute Gasteiger partial charge is 0.405 e. The Kier molecular flexibility index (Phi) is 4.93. The largest absolute Gasteiger partial charge is 0.573 e. The molecule has 0 unspecified atom stereocenters. The van der Waals surface area contributed by atoms with Gasteiger partial charge in [-0.05, 0) is 22.6 Å². The van der Waals surface area contributed by atoms with Crippen molar-refractivity contribution in [3.05, 3.63) is 21.0 Å². The van der Waals surface area contributed by atoms with Crippen LogP contribution in [0.2, 0.25) is 0 Å². The van der Waals surface area contributed by atoms with Crippen molar-refractivity contribution < 1.29 is 26.7 Å². The lowest BCUT2D eigenvalue weighted by Crippen LogP contribution is -2.19. The molecule has 0 saturated carbocycles. The average molecular weight is 432 g/mol. The number of hydrogen-bond donors (Lipinski definition) is 0. The summed E-state index contributed by atoms with van der Waals surface area (Å²) < 4.78 is 64.7. The second kappa shape index (κ2) is 5.63. The molecule has 0 aliphatic carbocycles. The molecule has 9 heteroatoms. The second-order valence-corrected chi connectivity index (χ2v) is 4.38. The predicted molar refractivity (Wildman–Crippen MR) is 61.2 cm³/mol. The number of pyridine rings is 1. The van der Waals surface area contributed by atoms with Gasteiger partial charge in [0.05, 0.1) is 0 Å². The van der Waals surface area contributed by atoms with Gasteiger partial charge in [0.1, 0.15) is 15.1 Å². The molecule has 0 radical (unpaired) electrons. The van der Waals surface area contributed by atoms with E-state index >= 15 is 0 Å². The van der Waals surface area contributed by atoms with Crippen LogP contribution in [-0.4, -0.2) is 11.3 Å². The fourth-order valence-electron chi connectivity index (χ4n) is 0.985. The highest BCUT2D eigenvalue weighted by Crippen LogP contribution is 2.33. The molecule has 0 saturated heterocycles. The number of ether oxygens (including phenoxy) is 1. The van der Waals surface area contributed by atoms with E-state index < -0.39 is 24.2 Å². The third-order valence-corrected chi connectivity index (χ3v) is 3.09. The van der Waals surface area contributed by atoms with Gasteiger partial charge in [-0.1, -0.05) is 15.9 Å². The zero-order valence-electron chi connectivity index (χ0n) is 7.86. The summed E-state index contributed by atoms with van der Waals surface area (Å²) in [6.45, 7) is 0. The molecule has 0 atom stereocenters. The molecule has 0 fully saturated rings. The van der Waals surface area contributed by atoms with Crippen molar-refractivity contribution >= 4 is 38.5 Å². The van der Waals surface area contributed by atoms with Crippen LogP contribution >= 0.6 is 38.5 Å². The number of aromatic nitrogens is 1. The molecule has 0 aliphatic rings. The standard InChI is InChI=1S/C8H4BrF5INO/c9-2-3-5(17-8(12,13)14)1-4(6(10)11)16-7(3)15/h1,6H,2H2. The zero-order chi connectivity index (χ0) is 13.2. The van der Waals surface area contributed by atoms with Crippen molar-refractivity contribution in [1.82, 2.24) is 4.98 Å². The summed E-state index contributed by atoms with van der Waals surface area (Å²) in [4.78, 5) is 3.49. The van der Waals surface area contributed by atoms with Crippen LogP contribution in [0, 0.1) is 3.70 Å². The van der Waals surface area contributed by atoms with E-state index in [2.05, 4.69) is 25.7 Å². The maximum Gasteiger partial charge on any atom is 0.573 e. The van der Waals surface area contributed by atoms with Crippen LogP contribution in [0.15, 0.2) is 6.07 Å². The summed E-state index contributed by atoms with van der Waals surface area (Å²) in [5.74, 6) is -0.663. The highest BCUT2D eigenvalue weighted by atomic mass is 127. The molecule has 1 aromatic heterocycles. The highest BCUT2D eigenvalue weighted by Gasteiger charge is 2.33. The molecule has 1 aromatic rings. The SMILES string of the molecule is FC(F)c1cc(OC(F)(F)F)c(CBr)c(I)n1. The topological polar surface area (TPSA) is 22.1 Å². The van der Waals surface area contributed by atoms with Gasteiger partial charge in [-0.15, -0.1) is 13.2 Å². The molecule has 17 heavy (non-hydrogen) atoms. The Hall–Kier alpha value is -0.190. The molecular formula is C8H4BrF5INO. The van der Waals surface area contributed by atoms with Gasteiger partial charge in [0.25, 0.3) is 6.43 Å². The maximum atomic E-state index is 12.4. The fraction of sp³-hybridized carbons (Fsp3) is 0.375. The molecule has 0 amide bonds. The zero-order valence-corrected chi connectivity index (χ0v) is 11.6. The van der Waals surface area contributed by atoms with Crippen LogP contribution in [0.5, 0.6) is 5.75 Å². The number of halogens is 7. The van der Waals surface area contributed by atoms with Gasteiger partial charge in [0, 0.05) is 17.0 Å². The molecule has 0 bridgehead atoms. The summed E-state index contributed by atoms with van der Waals surface area (Å²) >= 11 is 4.52. The van der Waals surface area contributed by atoms with Gasteiger partial charge in [0.2, 0.25) is 0 Å². The lowest BCUT2D eigenvalue weighted by atomic mass is 10.2. The molecule has 1 heterocycles. The van der Waals surface area contributed by atoms with Crippen molar-refractivity contribution in [2.45, 2.75) is 18.1 Å². The third kappa shape index (κ3) is 4.19.